The van der Waals surface area contributed by atoms with Gasteiger partial charge in [-0.2, -0.15) is 0 Å². The van der Waals surface area contributed by atoms with Crippen LogP contribution in [0.1, 0.15) is 6.42 Å². The Morgan fingerprint density at radius 3 is 2.92 bits per heavy atom. The highest BCUT2D eigenvalue weighted by Gasteiger charge is 2.67. The summed E-state index contributed by atoms with van der Waals surface area (Å²) in [5.41, 5.74) is 0. The van der Waals surface area contributed by atoms with Crippen molar-refractivity contribution in [1.82, 2.24) is 0 Å². The Bertz CT molecular complexity index is 286. The molecule has 0 aromatic carbocycles. The van der Waals surface area contributed by atoms with Crippen LogP contribution in [0.5, 0.6) is 0 Å². The Balaban J connectivity index is 1.61. The van der Waals surface area contributed by atoms with E-state index < -0.39 is 0 Å². The Morgan fingerprint density at radius 1 is 1.25 bits per heavy atom. The molecule has 2 heterocycles. The summed E-state index contributed by atoms with van der Waals surface area (Å²) >= 11 is 2.10. The lowest BCUT2D eigenvalue weighted by atomic mass is 10.2. The van der Waals surface area contributed by atoms with E-state index in [2.05, 4.69) is 34.7 Å². The highest BCUT2D eigenvalue weighted by Crippen LogP contribution is 2.76. The average molecular weight is 196 g/mol. The monoisotopic (exact) mass is 196 g/mol. The first kappa shape index (κ1) is 6.61. The zero-order valence-corrected chi connectivity index (χ0v) is 8.47. The SMILES string of the molecule is C1=CC2C=C[SH](C3C4CC43)C2S1. The maximum absolute atomic E-state index is 2.57. The molecule has 2 aliphatic carbocycles. The zero-order valence-electron chi connectivity index (χ0n) is 6.76. The predicted molar refractivity (Wildman–Crippen MR) is 57.5 cm³/mol. The molecule has 0 spiro atoms. The van der Waals surface area contributed by atoms with Crippen molar-refractivity contribution < 1.29 is 0 Å². The minimum Gasteiger partial charge on any atom is -0.217 e. The molecule has 0 aromatic rings. The number of thiol groups is 1. The highest BCUT2D eigenvalue weighted by atomic mass is 32.2. The molecular formula is C10H12S2. The zero-order chi connectivity index (χ0) is 7.71. The molecule has 2 aliphatic heterocycles. The Kier molecular flexibility index (Phi) is 1.09. The largest absolute Gasteiger partial charge is 0.217 e. The summed E-state index contributed by atoms with van der Waals surface area (Å²) in [5, 5.41) is 6.07. The van der Waals surface area contributed by atoms with E-state index in [1.165, 1.54) is 17.1 Å². The average Bonchev–Trinajstić information content (AvgIpc) is 2.83. The molecule has 0 amide bonds. The van der Waals surface area contributed by atoms with E-state index in [0.29, 0.717) is 10.9 Å². The smallest absolute Gasteiger partial charge is 0.0498 e. The lowest BCUT2D eigenvalue weighted by Gasteiger charge is -2.24. The van der Waals surface area contributed by atoms with Crippen LogP contribution in [0.25, 0.3) is 0 Å². The quantitative estimate of drug-likeness (QED) is 0.629. The van der Waals surface area contributed by atoms with Gasteiger partial charge in [-0.25, -0.2) is 10.9 Å². The van der Waals surface area contributed by atoms with E-state index in [9.17, 15) is 0 Å². The standard InChI is InChI=1S/C10H12S2/c1-3-11-10-6(1)2-4-12(10)9-7-5-8(7)9/h1-4,6-10,12H,5H2. The second kappa shape index (κ2) is 1.98. The summed E-state index contributed by atoms with van der Waals surface area (Å²) in [5.74, 6) is 3.21. The Labute approximate surface area is 79.8 Å². The van der Waals surface area contributed by atoms with Crippen LogP contribution in [0.15, 0.2) is 23.0 Å². The van der Waals surface area contributed by atoms with Crippen LogP contribution in [-0.4, -0.2) is 9.83 Å². The van der Waals surface area contributed by atoms with Crippen LogP contribution in [0.4, 0.5) is 0 Å². The van der Waals surface area contributed by atoms with Crippen molar-refractivity contribution in [2.45, 2.75) is 16.3 Å². The first-order chi connectivity index (χ1) is 5.95. The molecule has 2 fully saturated rings. The van der Waals surface area contributed by atoms with Gasteiger partial charge >= 0.3 is 0 Å². The number of hydrogen-bond donors (Lipinski definition) is 1. The lowest BCUT2D eigenvalue weighted by Crippen LogP contribution is -2.08. The highest BCUT2D eigenvalue weighted by molar-refractivity contribution is 8.30. The number of thioether (sulfide) groups is 1. The molecule has 2 saturated carbocycles. The fourth-order valence-electron chi connectivity index (χ4n) is 2.57. The van der Waals surface area contributed by atoms with E-state index in [4.69, 9.17) is 0 Å². The lowest BCUT2D eigenvalue weighted by molar-refractivity contribution is 0.905. The van der Waals surface area contributed by atoms with E-state index in [1.807, 2.05) is 0 Å². The fourth-order valence-corrected chi connectivity index (χ4v) is 7.94. The third kappa shape index (κ3) is 0.693. The molecule has 12 heavy (non-hydrogen) atoms. The molecular weight excluding hydrogens is 184 g/mol. The Morgan fingerprint density at radius 2 is 2.17 bits per heavy atom. The van der Waals surface area contributed by atoms with Gasteiger partial charge in [-0.1, -0.05) is 17.6 Å². The molecule has 0 saturated heterocycles. The number of hydrogen-bond acceptors (Lipinski definition) is 1. The minimum absolute atomic E-state index is 0.297. The minimum atomic E-state index is 0.297. The van der Waals surface area contributed by atoms with Gasteiger partial charge in [0.25, 0.3) is 0 Å². The molecule has 4 rings (SSSR count). The van der Waals surface area contributed by atoms with Crippen LogP contribution < -0.4 is 0 Å². The van der Waals surface area contributed by atoms with Crippen molar-refractivity contribution in [3.8, 4) is 0 Å². The molecule has 5 unspecified atom stereocenters. The van der Waals surface area contributed by atoms with Crippen LogP contribution in [0.2, 0.25) is 0 Å². The van der Waals surface area contributed by atoms with E-state index in [-0.39, 0.29) is 0 Å². The van der Waals surface area contributed by atoms with Crippen molar-refractivity contribution in [2.75, 3.05) is 0 Å². The van der Waals surface area contributed by atoms with Gasteiger partial charge in [-0.3, -0.25) is 0 Å². The van der Waals surface area contributed by atoms with Crippen molar-refractivity contribution in [3.63, 3.8) is 0 Å². The summed E-state index contributed by atoms with van der Waals surface area (Å²) in [6, 6.07) is 0. The van der Waals surface area contributed by atoms with E-state index >= 15 is 0 Å². The molecule has 2 heteroatoms. The van der Waals surface area contributed by atoms with E-state index in [1.54, 1.807) is 6.42 Å². The fraction of sp³-hybridized carbons (Fsp3) is 0.600. The third-order valence-corrected chi connectivity index (χ3v) is 8.50. The number of rotatable bonds is 1. The van der Waals surface area contributed by atoms with Gasteiger partial charge < -0.3 is 0 Å². The van der Waals surface area contributed by atoms with Gasteiger partial charge in [-0.15, -0.1) is 11.8 Å². The third-order valence-electron chi connectivity index (χ3n) is 3.59. The predicted octanol–water partition coefficient (Wildman–Crippen LogP) is 2.74. The van der Waals surface area contributed by atoms with Crippen molar-refractivity contribution in [2.24, 2.45) is 17.8 Å². The second-order valence-corrected chi connectivity index (χ2v) is 8.02. The maximum atomic E-state index is 2.57. The number of allylic oxidation sites excluding steroid dienone is 2. The number of fused-ring (bicyclic) bond motifs is 2. The molecule has 0 aromatic heterocycles. The van der Waals surface area contributed by atoms with Gasteiger partial charge in [0, 0.05) is 10.5 Å². The first-order valence-electron chi connectivity index (χ1n) is 4.73. The maximum Gasteiger partial charge on any atom is 0.0498 e. The first-order valence-corrected chi connectivity index (χ1v) is 7.22. The van der Waals surface area contributed by atoms with Gasteiger partial charge in [0.2, 0.25) is 0 Å². The van der Waals surface area contributed by atoms with Crippen molar-refractivity contribution in [3.05, 3.63) is 23.0 Å². The van der Waals surface area contributed by atoms with Crippen LogP contribution in [0, 0.1) is 17.8 Å². The molecule has 0 nitrogen and oxygen atoms in total. The van der Waals surface area contributed by atoms with Gasteiger partial charge in [-0.05, 0) is 28.9 Å². The summed E-state index contributed by atoms with van der Waals surface area (Å²) in [6.45, 7) is 0. The molecule has 0 radical (unpaired) electrons. The summed E-state index contributed by atoms with van der Waals surface area (Å²) in [6.07, 6.45) is 6.43. The summed E-state index contributed by atoms with van der Waals surface area (Å²) in [7, 11) is 0.297. The molecule has 0 N–H and O–H groups in total. The second-order valence-electron chi connectivity index (χ2n) is 4.28. The topological polar surface area (TPSA) is 0 Å². The van der Waals surface area contributed by atoms with E-state index in [0.717, 1.165) is 10.5 Å². The molecule has 4 aliphatic rings. The van der Waals surface area contributed by atoms with Crippen LogP contribution in [-0.2, 0) is 0 Å². The van der Waals surface area contributed by atoms with Gasteiger partial charge in [0.15, 0.2) is 0 Å². The normalized spacial score (nSPS) is 66.3. The van der Waals surface area contributed by atoms with Gasteiger partial charge in [0.05, 0.1) is 0 Å². The van der Waals surface area contributed by atoms with Gasteiger partial charge in [0.1, 0.15) is 0 Å². The Hall–Kier alpha value is 0.180. The van der Waals surface area contributed by atoms with Crippen LogP contribution >= 0.6 is 22.7 Å². The molecule has 64 valence electrons. The molecule has 0 bridgehead atoms. The summed E-state index contributed by atoms with van der Waals surface area (Å²) < 4.78 is 0.970. The van der Waals surface area contributed by atoms with Crippen molar-refractivity contribution in [1.29, 1.82) is 0 Å². The summed E-state index contributed by atoms with van der Waals surface area (Å²) in [4.78, 5) is 0. The van der Waals surface area contributed by atoms with Crippen LogP contribution in [0.3, 0.4) is 0 Å². The molecule has 5 atom stereocenters. The van der Waals surface area contributed by atoms with Crippen molar-refractivity contribution >= 4 is 22.7 Å².